The molecule has 0 saturated carbocycles. The molecule has 2 rings (SSSR count). The van der Waals surface area contributed by atoms with Gasteiger partial charge in [0, 0.05) is 0 Å². The highest BCUT2D eigenvalue weighted by molar-refractivity contribution is 7.89. The molecule has 2 N–H and O–H groups in total. The molecule has 1 heterocycles. The second-order valence-corrected chi connectivity index (χ2v) is 6.09. The summed E-state index contributed by atoms with van der Waals surface area (Å²) in [6, 6.07) is 7.41. The fourth-order valence-electron chi connectivity index (χ4n) is 1.66. The van der Waals surface area contributed by atoms with Gasteiger partial charge in [0.25, 0.3) is 0 Å². The quantitative estimate of drug-likeness (QED) is 0.758. The van der Waals surface area contributed by atoms with E-state index < -0.39 is 16.0 Å². The number of aromatic amines is 1. The first-order chi connectivity index (χ1) is 9.50. The third kappa shape index (κ3) is 3.78. The molecule has 2 aromatic rings. The molecular weight excluding hydrogens is 282 g/mol. The van der Waals surface area contributed by atoms with Gasteiger partial charge in [-0.25, -0.2) is 18.1 Å². The van der Waals surface area contributed by atoms with Crippen molar-refractivity contribution in [3.05, 3.63) is 30.1 Å². The van der Waals surface area contributed by atoms with Crippen molar-refractivity contribution in [2.45, 2.75) is 13.0 Å². The molecule has 0 amide bonds. The van der Waals surface area contributed by atoms with Crippen molar-refractivity contribution in [1.82, 2.24) is 14.7 Å². The van der Waals surface area contributed by atoms with Gasteiger partial charge in [0.1, 0.15) is 5.82 Å². The highest BCUT2D eigenvalue weighted by Crippen LogP contribution is 2.10. The predicted molar refractivity (Wildman–Crippen MR) is 73.4 cm³/mol. The van der Waals surface area contributed by atoms with Crippen molar-refractivity contribution in [2.24, 2.45) is 0 Å². The van der Waals surface area contributed by atoms with Gasteiger partial charge in [-0.3, -0.25) is 4.79 Å². The number of nitrogens with zero attached hydrogens (tertiary/aromatic N) is 1. The van der Waals surface area contributed by atoms with Gasteiger partial charge in [0.15, 0.2) is 0 Å². The monoisotopic (exact) mass is 297 g/mol. The van der Waals surface area contributed by atoms with E-state index in [2.05, 4.69) is 19.4 Å². The molecule has 7 nitrogen and oxygen atoms in total. The Morgan fingerprint density at radius 1 is 1.40 bits per heavy atom. The molecule has 8 heteroatoms. The first kappa shape index (κ1) is 14.5. The maximum Gasteiger partial charge on any atom is 0.306 e. The number of imidazole rings is 1. The molecule has 20 heavy (non-hydrogen) atoms. The first-order valence-corrected chi connectivity index (χ1v) is 7.63. The standard InChI is InChI=1S/C12H15N3O4S/c1-19-12(16)6-7-20(17,18)13-8-11-14-9-4-2-3-5-10(9)15-11/h2-5,13H,6-8H2,1H3,(H,14,15). The van der Waals surface area contributed by atoms with Gasteiger partial charge in [0.2, 0.25) is 10.0 Å². The van der Waals surface area contributed by atoms with Crippen LogP contribution in [0.15, 0.2) is 24.3 Å². The lowest BCUT2D eigenvalue weighted by atomic mass is 10.3. The van der Waals surface area contributed by atoms with E-state index in [-0.39, 0.29) is 18.7 Å². The van der Waals surface area contributed by atoms with E-state index in [9.17, 15) is 13.2 Å². The van der Waals surface area contributed by atoms with E-state index in [1.165, 1.54) is 7.11 Å². The summed E-state index contributed by atoms with van der Waals surface area (Å²) < 4.78 is 30.1. The van der Waals surface area contributed by atoms with Crippen LogP contribution in [0.1, 0.15) is 12.2 Å². The van der Waals surface area contributed by atoms with Crippen LogP contribution >= 0.6 is 0 Å². The zero-order valence-electron chi connectivity index (χ0n) is 10.9. The van der Waals surface area contributed by atoms with Crippen molar-refractivity contribution < 1.29 is 17.9 Å². The summed E-state index contributed by atoms with van der Waals surface area (Å²) in [7, 11) is -2.31. The number of benzene rings is 1. The number of rotatable bonds is 6. The molecule has 1 aromatic heterocycles. The Hall–Kier alpha value is -1.93. The SMILES string of the molecule is COC(=O)CCS(=O)(=O)NCc1nc2ccccc2[nH]1. The highest BCUT2D eigenvalue weighted by Gasteiger charge is 2.14. The number of H-pyrrole nitrogens is 1. The molecule has 0 aliphatic rings. The van der Waals surface area contributed by atoms with Gasteiger partial charge in [-0.15, -0.1) is 0 Å². The minimum Gasteiger partial charge on any atom is -0.469 e. The van der Waals surface area contributed by atoms with Crippen molar-refractivity contribution >= 4 is 27.0 Å². The number of fused-ring (bicyclic) bond motifs is 1. The molecule has 0 spiro atoms. The molecule has 0 fully saturated rings. The Kier molecular flexibility index (Phi) is 4.35. The minimum atomic E-state index is -3.53. The molecule has 1 aromatic carbocycles. The Morgan fingerprint density at radius 2 is 2.15 bits per heavy atom. The average molecular weight is 297 g/mol. The van der Waals surface area contributed by atoms with Gasteiger partial charge >= 0.3 is 5.97 Å². The van der Waals surface area contributed by atoms with Crippen LogP contribution in [0.5, 0.6) is 0 Å². The van der Waals surface area contributed by atoms with Crippen molar-refractivity contribution in [3.8, 4) is 0 Å². The number of carbonyl (C=O) groups excluding carboxylic acids is 1. The molecule has 0 radical (unpaired) electrons. The van der Waals surface area contributed by atoms with Crippen LogP contribution in [-0.2, 0) is 26.1 Å². The molecule has 0 aliphatic heterocycles. The Bertz CT molecular complexity index is 675. The summed E-state index contributed by atoms with van der Waals surface area (Å²) in [6.07, 6.45) is -0.175. The molecule has 0 bridgehead atoms. The van der Waals surface area contributed by atoms with Gasteiger partial charge in [-0.1, -0.05) is 12.1 Å². The zero-order chi connectivity index (χ0) is 14.6. The van der Waals surface area contributed by atoms with E-state index in [1.807, 2.05) is 24.3 Å². The van der Waals surface area contributed by atoms with Gasteiger partial charge in [-0.2, -0.15) is 0 Å². The van der Waals surface area contributed by atoms with Gasteiger partial charge < -0.3 is 9.72 Å². The van der Waals surface area contributed by atoms with E-state index in [4.69, 9.17) is 0 Å². The molecular formula is C12H15N3O4S. The number of aromatic nitrogens is 2. The largest absolute Gasteiger partial charge is 0.469 e. The normalized spacial score (nSPS) is 11.7. The zero-order valence-corrected chi connectivity index (χ0v) is 11.7. The topological polar surface area (TPSA) is 101 Å². The van der Waals surface area contributed by atoms with Crippen LogP contribution in [0.4, 0.5) is 0 Å². The number of methoxy groups -OCH3 is 1. The number of hydrogen-bond donors (Lipinski definition) is 2. The summed E-state index contributed by atoms with van der Waals surface area (Å²) >= 11 is 0. The molecule has 0 saturated heterocycles. The van der Waals surface area contributed by atoms with Gasteiger partial charge in [-0.05, 0) is 12.1 Å². The maximum atomic E-state index is 11.7. The Morgan fingerprint density at radius 3 is 2.85 bits per heavy atom. The Balaban J connectivity index is 1.95. The third-order valence-electron chi connectivity index (χ3n) is 2.70. The van der Waals surface area contributed by atoms with Crippen LogP contribution in [0.25, 0.3) is 11.0 Å². The number of carbonyl (C=O) groups is 1. The fraction of sp³-hybridized carbons (Fsp3) is 0.333. The lowest BCUT2D eigenvalue weighted by molar-refractivity contribution is -0.140. The maximum absolute atomic E-state index is 11.7. The number of ether oxygens (including phenoxy) is 1. The summed E-state index contributed by atoms with van der Waals surface area (Å²) in [5.41, 5.74) is 1.62. The molecule has 0 unspecified atom stereocenters. The summed E-state index contributed by atoms with van der Waals surface area (Å²) in [4.78, 5) is 18.2. The lowest BCUT2D eigenvalue weighted by Gasteiger charge is -2.04. The number of hydrogen-bond acceptors (Lipinski definition) is 5. The fourth-order valence-corrected chi connectivity index (χ4v) is 2.60. The summed E-state index contributed by atoms with van der Waals surface area (Å²) in [5, 5.41) is 0. The Labute approximate surface area is 116 Å². The summed E-state index contributed by atoms with van der Waals surface area (Å²) in [5.74, 6) is -0.341. The smallest absolute Gasteiger partial charge is 0.306 e. The number of nitrogens with one attached hydrogen (secondary N) is 2. The van der Waals surface area contributed by atoms with Crippen LogP contribution in [0.2, 0.25) is 0 Å². The lowest BCUT2D eigenvalue weighted by Crippen LogP contribution is -2.27. The van der Waals surface area contributed by atoms with Crippen LogP contribution in [0.3, 0.4) is 0 Å². The van der Waals surface area contributed by atoms with E-state index in [0.717, 1.165) is 11.0 Å². The van der Waals surface area contributed by atoms with Gasteiger partial charge in [0.05, 0.1) is 36.9 Å². The number of para-hydroxylation sites is 2. The average Bonchev–Trinajstić information content (AvgIpc) is 2.85. The molecule has 0 atom stereocenters. The van der Waals surface area contributed by atoms with E-state index in [1.54, 1.807) is 0 Å². The summed E-state index contributed by atoms with van der Waals surface area (Å²) in [6.45, 7) is 0.0538. The van der Waals surface area contributed by atoms with Crippen molar-refractivity contribution in [1.29, 1.82) is 0 Å². The first-order valence-electron chi connectivity index (χ1n) is 5.98. The number of esters is 1. The molecule has 0 aliphatic carbocycles. The van der Waals surface area contributed by atoms with E-state index in [0.29, 0.717) is 5.82 Å². The highest BCUT2D eigenvalue weighted by atomic mass is 32.2. The molecule has 108 valence electrons. The second-order valence-electron chi connectivity index (χ2n) is 4.17. The van der Waals surface area contributed by atoms with Crippen LogP contribution < -0.4 is 4.72 Å². The third-order valence-corrected chi connectivity index (χ3v) is 4.03. The second kappa shape index (κ2) is 6.02. The van der Waals surface area contributed by atoms with Crippen LogP contribution in [-0.4, -0.2) is 37.2 Å². The van der Waals surface area contributed by atoms with E-state index >= 15 is 0 Å². The van der Waals surface area contributed by atoms with Crippen LogP contribution in [0, 0.1) is 0 Å². The van der Waals surface area contributed by atoms with Crippen molar-refractivity contribution in [3.63, 3.8) is 0 Å². The predicted octanol–water partition coefficient (Wildman–Crippen LogP) is 0.545. The number of sulfonamides is 1. The minimum absolute atomic E-state index is 0.0538. The van der Waals surface area contributed by atoms with Crippen molar-refractivity contribution in [2.75, 3.05) is 12.9 Å².